The summed E-state index contributed by atoms with van der Waals surface area (Å²) in [5.74, 6) is -1.95. The van der Waals surface area contributed by atoms with Crippen LogP contribution in [0.2, 0.25) is 0 Å². The van der Waals surface area contributed by atoms with Gasteiger partial charge in [0, 0.05) is 75.5 Å². The summed E-state index contributed by atoms with van der Waals surface area (Å²) in [5.41, 5.74) is 5.33. The van der Waals surface area contributed by atoms with Gasteiger partial charge in [0.2, 0.25) is 17.7 Å². The third kappa shape index (κ3) is 14.2. The van der Waals surface area contributed by atoms with Crippen LogP contribution in [-0.2, 0) is 98.1 Å². The lowest BCUT2D eigenvalue weighted by Gasteiger charge is -2.36. The van der Waals surface area contributed by atoms with E-state index >= 15 is 0 Å². The second-order valence-corrected chi connectivity index (χ2v) is 26.9. The number of fused-ring (bicyclic) bond motifs is 10. The first kappa shape index (κ1) is 71.0. The van der Waals surface area contributed by atoms with Crippen LogP contribution >= 0.6 is 0 Å². The Morgan fingerprint density at radius 3 is 1.79 bits per heavy atom. The third-order valence-corrected chi connectivity index (χ3v) is 19.2. The number of esters is 2. The van der Waals surface area contributed by atoms with Crippen molar-refractivity contribution in [3.8, 4) is 34.3 Å². The Bertz CT molecular complexity index is 4110. The minimum absolute atomic E-state index is 0.0465. The molecule has 8 heterocycles. The van der Waals surface area contributed by atoms with Gasteiger partial charge in [-0.3, -0.25) is 28.8 Å². The maximum absolute atomic E-state index is 14.0. The zero-order chi connectivity index (χ0) is 68.9. The number of phenolic OH excluding ortho intramolecular Hbond substituents is 2. The molecule has 2 aromatic carbocycles. The predicted octanol–water partition coefficient (Wildman–Crippen LogP) is 9.32. The number of ether oxygens (including phenoxy) is 4. The van der Waals surface area contributed by atoms with Crippen LogP contribution in [0.1, 0.15) is 196 Å². The Hall–Kier alpha value is -8.34. The quantitative estimate of drug-likeness (QED) is 0.0196. The number of carbonyl (C=O) groups excluding carboxylic acids is 6. The van der Waals surface area contributed by atoms with Gasteiger partial charge in [0.1, 0.15) is 31.3 Å². The number of nitrogens with one attached hydrogen (secondary N) is 3. The average molecular weight is 1310 g/mol. The van der Waals surface area contributed by atoms with Gasteiger partial charge in [-0.2, -0.15) is 0 Å². The van der Waals surface area contributed by atoms with Gasteiger partial charge in [-0.1, -0.05) is 94.4 Å². The molecule has 0 bridgehead atoms. The number of nitrogens with zero attached hydrogens (tertiary/aromatic N) is 4. The van der Waals surface area contributed by atoms with Crippen molar-refractivity contribution >= 4 is 57.2 Å². The molecule has 6 N–H and O–H groups in total. The number of benzene rings is 2. The van der Waals surface area contributed by atoms with E-state index in [1.165, 1.54) is 12.8 Å². The third-order valence-electron chi connectivity index (χ3n) is 19.2. The summed E-state index contributed by atoms with van der Waals surface area (Å²) < 4.78 is 26.9. The van der Waals surface area contributed by atoms with E-state index in [2.05, 4.69) is 29.8 Å². The molecule has 95 heavy (non-hydrogen) atoms. The van der Waals surface area contributed by atoms with Crippen LogP contribution in [0.5, 0.6) is 11.5 Å². The second kappa shape index (κ2) is 29.3. The predicted molar refractivity (Wildman–Crippen MR) is 358 cm³/mol. The van der Waals surface area contributed by atoms with E-state index < -0.39 is 40.1 Å². The number of carbonyl (C=O) groups is 6. The van der Waals surface area contributed by atoms with E-state index in [9.17, 15) is 53.7 Å². The Morgan fingerprint density at radius 1 is 0.663 bits per heavy atom. The van der Waals surface area contributed by atoms with Crippen molar-refractivity contribution < 1.29 is 63.0 Å². The van der Waals surface area contributed by atoms with Gasteiger partial charge in [0.05, 0.1) is 70.7 Å². The molecule has 510 valence electrons. The molecule has 3 amide bonds. The summed E-state index contributed by atoms with van der Waals surface area (Å²) in [6, 6.07) is 12.3. The van der Waals surface area contributed by atoms with E-state index in [0.29, 0.717) is 96.7 Å². The first-order chi connectivity index (χ1) is 45.2. The smallest absolute Gasteiger partial charge is 0.343 e. The molecule has 0 saturated heterocycles. The van der Waals surface area contributed by atoms with E-state index in [1.807, 2.05) is 26.8 Å². The molecule has 0 saturated carbocycles. The number of cyclic esters (lactones) is 2. The number of aromatic hydroxyl groups is 2. The molecule has 6 aromatic rings. The highest BCUT2D eigenvalue weighted by molar-refractivity contribution is 5.94. The summed E-state index contributed by atoms with van der Waals surface area (Å²) in [7, 11) is 0. The normalized spacial score (nSPS) is 17.1. The number of aryl methyl sites for hydroxylation is 3. The number of aliphatic hydroxyl groups excluding tert-OH is 1. The number of Topliss-reactive ketones (excluding diaryl/α,β-unsaturated/α-hetero) is 1. The molecule has 22 nitrogen and oxygen atoms in total. The number of pyridine rings is 4. The van der Waals surface area contributed by atoms with Crippen LogP contribution in [0.4, 0.5) is 0 Å². The molecule has 0 aliphatic carbocycles. The van der Waals surface area contributed by atoms with Crippen LogP contribution in [0.15, 0.2) is 52.1 Å². The molecule has 0 radical (unpaired) electrons. The summed E-state index contributed by atoms with van der Waals surface area (Å²) >= 11 is 0. The lowest BCUT2D eigenvalue weighted by atomic mass is 9.74. The maximum atomic E-state index is 14.0. The van der Waals surface area contributed by atoms with E-state index in [4.69, 9.17) is 28.9 Å². The monoisotopic (exact) mass is 1310 g/mol. The molecular formula is C73H93N7O15. The lowest BCUT2D eigenvalue weighted by Crippen LogP contribution is -2.47. The largest absolute Gasteiger partial charge is 0.508 e. The number of hydrogen-bond acceptors (Lipinski definition) is 17. The van der Waals surface area contributed by atoms with Gasteiger partial charge < -0.3 is 59.4 Å². The number of ketones is 1. The summed E-state index contributed by atoms with van der Waals surface area (Å²) in [4.78, 5) is 115. The van der Waals surface area contributed by atoms with Crippen molar-refractivity contribution in [2.75, 3.05) is 32.8 Å². The SMILES string of the molecule is CCCCCCCO[C@]1(CC)C(=O)OCc2c1cc1n(c2=O)Cc2c-1nc1ccc(O)cc1c2CC.CCc1c2c(nc3ccc(O)c(C)c13)-c1cc3c(c(=O)n1C2)COC(=O)[C@@]3(CC)OCC(=O)CCCCCNC(=O)CNC(=O)C(C)(C)CC(C)(C)C(=O)NCC(C)O. The van der Waals surface area contributed by atoms with Crippen molar-refractivity contribution in [2.24, 2.45) is 10.8 Å². The van der Waals surface area contributed by atoms with E-state index in [0.717, 1.165) is 75.5 Å². The van der Waals surface area contributed by atoms with E-state index in [-0.39, 0.29) is 105 Å². The number of hydrogen-bond donors (Lipinski definition) is 6. The molecule has 3 atom stereocenters. The second-order valence-electron chi connectivity index (χ2n) is 26.9. The Balaban J connectivity index is 0.000000250. The molecule has 4 aliphatic rings. The topological polar surface area (TPSA) is 306 Å². The lowest BCUT2D eigenvalue weighted by molar-refractivity contribution is -0.182. The zero-order valence-corrected chi connectivity index (χ0v) is 56.9. The Morgan fingerprint density at radius 2 is 1.21 bits per heavy atom. The molecular weight excluding hydrogens is 1210 g/mol. The molecule has 1 unspecified atom stereocenters. The number of rotatable bonds is 28. The van der Waals surface area contributed by atoms with Crippen molar-refractivity contribution in [2.45, 2.75) is 210 Å². The molecule has 10 rings (SSSR count). The van der Waals surface area contributed by atoms with Gasteiger partial charge in [-0.05, 0) is 119 Å². The average Bonchev–Trinajstić information content (AvgIpc) is 1.65. The fourth-order valence-electron chi connectivity index (χ4n) is 14.1. The van der Waals surface area contributed by atoms with Gasteiger partial charge in [-0.15, -0.1) is 0 Å². The van der Waals surface area contributed by atoms with Gasteiger partial charge in [-0.25, -0.2) is 19.6 Å². The minimum atomic E-state index is -1.66. The first-order valence-corrected chi connectivity index (χ1v) is 33.7. The molecule has 0 spiro atoms. The molecule has 0 fully saturated rings. The van der Waals surface area contributed by atoms with Crippen LogP contribution in [0.3, 0.4) is 0 Å². The molecule has 4 aliphatic heterocycles. The van der Waals surface area contributed by atoms with Crippen molar-refractivity contribution in [3.63, 3.8) is 0 Å². The van der Waals surface area contributed by atoms with Crippen LogP contribution in [0, 0.1) is 17.8 Å². The van der Waals surface area contributed by atoms with Gasteiger partial charge >= 0.3 is 11.9 Å². The number of phenols is 2. The summed E-state index contributed by atoms with van der Waals surface area (Å²) in [5, 5.41) is 39.8. The van der Waals surface area contributed by atoms with Crippen molar-refractivity contribution in [1.82, 2.24) is 35.1 Å². The standard InChI is InChI=1S/C44H59N5O10.C29H34N2O5/c1-9-28-29-21-49-33(37(29)48-32-15-16-34(52)26(4)36(28)32)18-31-30(38(49)54)23-58-41(57)44(31,10-2)59-22-27(51)14-12-11-13-17-45-35(53)20-47-40(56)43(7,8)24-42(5,6)39(55)46-19-25(3)50;1-4-7-8-9-10-13-36-29(6-3)23-15-25-26-21(16-31(25)27(33)22(23)17-35-28(29)34)19(5-2)20-14-18(32)11-12-24(20)30-26/h15-16,18,25,50,52H,9-14,17,19-24H2,1-8H3,(H,45,53)(H,46,55)(H,47,56);11-12,14-15,32H,4-10,13,16-17H2,1-3H3/t25?,44-;29-/m00/s1. The first-order valence-electron chi connectivity index (χ1n) is 33.7. The highest BCUT2D eigenvalue weighted by Gasteiger charge is 2.50. The highest BCUT2D eigenvalue weighted by atomic mass is 16.6. The number of amides is 3. The summed E-state index contributed by atoms with van der Waals surface area (Å²) in [6.07, 6.45) is 8.77. The fourth-order valence-corrected chi connectivity index (χ4v) is 14.1. The minimum Gasteiger partial charge on any atom is -0.508 e. The number of aromatic nitrogens is 4. The fraction of sp³-hybridized carbons (Fsp3) is 0.534. The van der Waals surface area contributed by atoms with Crippen LogP contribution in [-0.4, -0.2) is 109 Å². The van der Waals surface area contributed by atoms with Crippen molar-refractivity contribution in [3.05, 3.63) is 113 Å². The molecule has 22 heteroatoms. The van der Waals surface area contributed by atoms with Gasteiger partial charge in [0.25, 0.3) is 11.1 Å². The van der Waals surface area contributed by atoms with Crippen LogP contribution < -0.4 is 27.1 Å². The van der Waals surface area contributed by atoms with E-state index in [1.54, 1.807) is 87.1 Å². The van der Waals surface area contributed by atoms with Crippen molar-refractivity contribution in [1.29, 1.82) is 0 Å². The number of aliphatic hydroxyl groups is 1. The Kier molecular flexibility index (Phi) is 21.9. The van der Waals surface area contributed by atoms with Crippen LogP contribution in [0.25, 0.3) is 44.6 Å². The Labute approximate surface area is 553 Å². The highest BCUT2D eigenvalue weighted by Crippen LogP contribution is 2.45. The van der Waals surface area contributed by atoms with Gasteiger partial charge in [0.15, 0.2) is 17.0 Å². The molecule has 4 aromatic heterocycles. The zero-order valence-electron chi connectivity index (χ0n) is 56.9. The summed E-state index contributed by atoms with van der Waals surface area (Å²) in [6.45, 7) is 21.0. The number of unbranched alkanes of at least 4 members (excludes halogenated alkanes) is 6. The maximum Gasteiger partial charge on any atom is 0.343 e.